The number of aromatic carboxylic acids is 1. The van der Waals surface area contributed by atoms with E-state index in [-0.39, 0.29) is 29.6 Å². The minimum Gasteiger partial charge on any atom is -0.478 e. The molecule has 0 spiro atoms. The minimum absolute atomic E-state index is 0.0859. The fourth-order valence-electron chi connectivity index (χ4n) is 3.42. The molecule has 1 aromatic carbocycles. The molecule has 154 valence electrons. The van der Waals surface area contributed by atoms with Crippen LogP contribution in [0.5, 0.6) is 0 Å². The summed E-state index contributed by atoms with van der Waals surface area (Å²) in [4.78, 5) is 44.3. The summed E-state index contributed by atoms with van der Waals surface area (Å²) in [5, 5.41) is 15.6. The van der Waals surface area contributed by atoms with Gasteiger partial charge in [0.05, 0.1) is 17.0 Å². The largest absolute Gasteiger partial charge is 0.478 e. The summed E-state index contributed by atoms with van der Waals surface area (Å²) in [7, 11) is 0. The van der Waals surface area contributed by atoms with Crippen LogP contribution in [0.25, 0.3) is 11.0 Å². The van der Waals surface area contributed by atoms with Gasteiger partial charge in [-0.1, -0.05) is 12.1 Å². The van der Waals surface area contributed by atoms with Crippen LogP contribution in [0.3, 0.4) is 0 Å². The lowest BCUT2D eigenvalue weighted by Gasteiger charge is -2.37. The number of nitrogens with one attached hydrogen (secondary N) is 2. The van der Waals surface area contributed by atoms with Crippen LogP contribution in [0.4, 0.5) is 5.95 Å². The van der Waals surface area contributed by atoms with Crippen LogP contribution < -0.4 is 16.2 Å². The van der Waals surface area contributed by atoms with Gasteiger partial charge in [-0.3, -0.25) is 14.2 Å². The number of aromatic nitrogens is 3. The van der Waals surface area contributed by atoms with Gasteiger partial charge in [0.1, 0.15) is 5.65 Å². The van der Waals surface area contributed by atoms with Crippen molar-refractivity contribution in [3.8, 4) is 0 Å². The smallest absolute Gasteiger partial charge is 0.335 e. The Kier molecular flexibility index (Phi) is 4.73. The molecule has 3 aromatic rings. The van der Waals surface area contributed by atoms with E-state index in [2.05, 4.69) is 20.6 Å². The number of rotatable bonds is 6. The Morgan fingerprint density at radius 1 is 1.27 bits per heavy atom. The van der Waals surface area contributed by atoms with Gasteiger partial charge >= 0.3 is 5.97 Å². The molecule has 2 aromatic heterocycles. The van der Waals surface area contributed by atoms with Gasteiger partial charge in [-0.25, -0.2) is 9.78 Å². The summed E-state index contributed by atoms with van der Waals surface area (Å²) in [6.07, 6.45) is 1.63. The SMILES string of the molecule is C[C@H](Nc1ncc2ccc(=O)n(CC3(C)CNC3=O)c2n1)c1ccc(C(=O)O)cc1. The van der Waals surface area contributed by atoms with Crippen LogP contribution in [0, 0.1) is 5.41 Å². The highest BCUT2D eigenvalue weighted by molar-refractivity contribution is 5.88. The zero-order valence-electron chi connectivity index (χ0n) is 16.5. The number of benzene rings is 1. The van der Waals surface area contributed by atoms with E-state index < -0.39 is 11.4 Å². The molecule has 9 heteroatoms. The first kappa shape index (κ1) is 19.6. The number of amides is 1. The number of carbonyl (C=O) groups is 2. The molecule has 0 bridgehead atoms. The van der Waals surface area contributed by atoms with E-state index in [1.54, 1.807) is 36.5 Å². The second kappa shape index (κ2) is 7.25. The molecule has 1 amide bonds. The Hall–Kier alpha value is -3.75. The number of fused-ring (bicyclic) bond motifs is 1. The summed E-state index contributed by atoms with van der Waals surface area (Å²) in [6, 6.07) is 9.46. The van der Waals surface area contributed by atoms with Gasteiger partial charge in [-0.05, 0) is 37.6 Å². The Morgan fingerprint density at radius 2 is 2.00 bits per heavy atom. The molecule has 1 unspecified atom stereocenters. The molecule has 3 N–H and O–H groups in total. The molecule has 0 radical (unpaired) electrons. The fraction of sp³-hybridized carbons (Fsp3) is 0.286. The van der Waals surface area contributed by atoms with E-state index in [1.807, 2.05) is 13.8 Å². The molecule has 4 rings (SSSR count). The first-order valence-corrected chi connectivity index (χ1v) is 9.51. The van der Waals surface area contributed by atoms with Crippen LogP contribution in [0.1, 0.15) is 35.8 Å². The Balaban J connectivity index is 1.63. The molecule has 1 aliphatic rings. The number of anilines is 1. The standard InChI is InChI=1S/C21H21N5O4/c1-12(13-3-5-14(6-4-13)18(28)29)24-20-22-9-15-7-8-16(27)26(17(15)25-20)11-21(2)10-23-19(21)30/h3-9,12H,10-11H2,1-2H3,(H,23,30)(H,28,29)(H,22,24,25)/t12-,21?/m0/s1. The molecule has 0 aliphatic carbocycles. The highest BCUT2D eigenvalue weighted by Crippen LogP contribution is 2.26. The van der Waals surface area contributed by atoms with E-state index in [9.17, 15) is 14.4 Å². The van der Waals surface area contributed by atoms with Crippen LogP contribution in [-0.2, 0) is 11.3 Å². The van der Waals surface area contributed by atoms with Crippen molar-refractivity contribution in [3.05, 3.63) is 64.1 Å². The van der Waals surface area contributed by atoms with Crippen molar-refractivity contribution in [3.63, 3.8) is 0 Å². The molecule has 9 nitrogen and oxygen atoms in total. The van der Waals surface area contributed by atoms with E-state index in [0.717, 1.165) is 5.56 Å². The van der Waals surface area contributed by atoms with Crippen LogP contribution in [0.2, 0.25) is 0 Å². The number of β-lactam (4-membered cyclic amide) rings is 1. The third kappa shape index (κ3) is 3.49. The zero-order chi connectivity index (χ0) is 21.5. The molecule has 1 aliphatic heterocycles. The molecule has 3 heterocycles. The monoisotopic (exact) mass is 407 g/mol. The number of carboxylic acids is 1. The van der Waals surface area contributed by atoms with E-state index in [1.165, 1.54) is 10.6 Å². The van der Waals surface area contributed by atoms with Crippen LogP contribution >= 0.6 is 0 Å². The first-order chi connectivity index (χ1) is 14.3. The Bertz CT molecular complexity index is 1200. The number of hydrogen-bond donors (Lipinski definition) is 3. The van der Waals surface area contributed by atoms with E-state index in [0.29, 0.717) is 23.5 Å². The molecule has 30 heavy (non-hydrogen) atoms. The molecular weight excluding hydrogens is 386 g/mol. The maximum atomic E-state index is 12.5. The molecule has 1 saturated heterocycles. The summed E-state index contributed by atoms with van der Waals surface area (Å²) < 4.78 is 1.51. The molecular formula is C21H21N5O4. The number of carboxylic acid groups (broad SMARTS) is 1. The van der Waals surface area contributed by atoms with Crippen molar-refractivity contribution >= 4 is 28.9 Å². The average Bonchev–Trinajstić information content (AvgIpc) is 2.74. The number of carbonyl (C=O) groups excluding carboxylic acids is 1. The third-order valence-corrected chi connectivity index (χ3v) is 5.42. The quantitative estimate of drug-likeness (QED) is 0.532. The average molecular weight is 407 g/mol. The predicted molar refractivity (Wildman–Crippen MR) is 110 cm³/mol. The zero-order valence-corrected chi connectivity index (χ0v) is 16.5. The predicted octanol–water partition coefficient (Wildman–Crippen LogP) is 1.80. The van der Waals surface area contributed by atoms with Gasteiger partial charge < -0.3 is 15.7 Å². The lowest BCUT2D eigenvalue weighted by atomic mass is 9.83. The first-order valence-electron chi connectivity index (χ1n) is 9.51. The topological polar surface area (TPSA) is 126 Å². The van der Waals surface area contributed by atoms with Crippen LogP contribution in [-0.4, -0.2) is 38.1 Å². The van der Waals surface area contributed by atoms with Gasteiger partial charge in [0.2, 0.25) is 11.9 Å². The lowest BCUT2D eigenvalue weighted by molar-refractivity contribution is -0.139. The van der Waals surface area contributed by atoms with Gasteiger partial charge in [0, 0.05) is 30.7 Å². The second-order valence-corrected chi connectivity index (χ2v) is 7.77. The van der Waals surface area contributed by atoms with Crippen molar-refractivity contribution in [2.24, 2.45) is 5.41 Å². The van der Waals surface area contributed by atoms with Crippen molar-refractivity contribution in [1.29, 1.82) is 0 Å². The fourth-order valence-corrected chi connectivity index (χ4v) is 3.42. The maximum absolute atomic E-state index is 12.5. The van der Waals surface area contributed by atoms with Gasteiger partial charge in [-0.15, -0.1) is 0 Å². The lowest BCUT2D eigenvalue weighted by Crippen LogP contribution is -2.59. The molecule has 2 atom stereocenters. The van der Waals surface area contributed by atoms with Gasteiger partial charge in [0.25, 0.3) is 5.56 Å². The van der Waals surface area contributed by atoms with Crippen molar-refractivity contribution in [2.75, 3.05) is 11.9 Å². The number of nitrogens with zero attached hydrogens (tertiary/aromatic N) is 3. The number of pyridine rings is 1. The summed E-state index contributed by atoms with van der Waals surface area (Å²) in [5.41, 5.74) is 0.661. The van der Waals surface area contributed by atoms with Crippen molar-refractivity contribution < 1.29 is 14.7 Å². The Morgan fingerprint density at radius 3 is 2.60 bits per heavy atom. The third-order valence-electron chi connectivity index (χ3n) is 5.42. The van der Waals surface area contributed by atoms with E-state index >= 15 is 0 Å². The molecule has 1 fully saturated rings. The Labute approximate surface area is 171 Å². The highest BCUT2D eigenvalue weighted by atomic mass is 16.4. The summed E-state index contributed by atoms with van der Waals surface area (Å²) >= 11 is 0. The minimum atomic E-state index is -0.980. The van der Waals surface area contributed by atoms with E-state index in [4.69, 9.17) is 5.11 Å². The normalized spacial score (nSPS) is 19.1. The van der Waals surface area contributed by atoms with Gasteiger partial charge in [-0.2, -0.15) is 4.98 Å². The number of hydrogen-bond acceptors (Lipinski definition) is 6. The van der Waals surface area contributed by atoms with Gasteiger partial charge in [0.15, 0.2) is 0 Å². The maximum Gasteiger partial charge on any atom is 0.335 e. The summed E-state index contributed by atoms with van der Waals surface area (Å²) in [5.74, 6) is -0.732. The summed E-state index contributed by atoms with van der Waals surface area (Å²) in [6.45, 7) is 4.47. The second-order valence-electron chi connectivity index (χ2n) is 7.77. The van der Waals surface area contributed by atoms with Crippen molar-refractivity contribution in [1.82, 2.24) is 19.9 Å². The molecule has 0 saturated carbocycles. The highest BCUT2D eigenvalue weighted by Gasteiger charge is 2.42. The van der Waals surface area contributed by atoms with Crippen molar-refractivity contribution in [2.45, 2.75) is 26.4 Å². The van der Waals surface area contributed by atoms with Crippen LogP contribution in [0.15, 0.2) is 47.4 Å².